The number of benzene rings is 2. The van der Waals surface area contributed by atoms with Crippen molar-refractivity contribution in [2.45, 2.75) is 6.10 Å². The number of nitro groups is 2. The van der Waals surface area contributed by atoms with Crippen LogP contribution in [0.3, 0.4) is 0 Å². The molecule has 0 aromatic heterocycles. The van der Waals surface area contributed by atoms with Crippen molar-refractivity contribution in [1.29, 1.82) is 0 Å². The van der Waals surface area contributed by atoms with Gasteiger partial charge in [0.25, 0.3) is 11.4 Å². The Bertz CT molecular complexity index is 795. The number of non-ortho nitro benzene ring substituents is 1. The van der Waals surface area contributed by atoms with Gasteiger partial charge in [0.2, 0.25) is 0 Å². The Kier molecular flexibility index (Phi) is 4.15. The number of hydrogen-bond acceptors (Lipinski definition) is 7. The molecule has 0 unspecified atom stereocenters. The number of anilines is 1. The maximum absolute atomic E-state index is 11.1. The van der Waals surface area contributed by atoms with E-state index in [2.05, 4.69) is 5.32 Å². The molecule has 1 N–H and O–H groups in total. The van der Waals surface area contributed by atoms with Crippen LogP contribution in [0, 0.1) is 20.2 Å². The Balaban J connectivity index is 1.71. The van der Waals surface area contributed by atoms with Crippen LogP contribution in [0.2, 0.25) is 0 Å². The monoisotopic (exact) mass is 331 g/mol. The largest absolute Gasteiger partial charge is 0.486 e. The van der Waals surface area contributed by atoms with E-state index in [1.54, 1.807) is 12.1 Å². The standard InChI is InChI=1S/C15H13N3O6/c19-17(20)10-5-6-12(13(7-10)18(21)22)16-8-11-9-23-14-3-1-2-4-15(14)24-11/h1-7,11,16H,8-9H2/t11-/m1/s1. The lowest BCUT2D eigenvalue weighted by atomic mass is 10.2. The first-order valence-corrected chi connectivity index (χ1v) is 7.10. The Hall–Kier alpha value is -3.36. The predicted molar refractivity (Wildman–Crippen MR) is 84.6 cm³/mol. The number of nitrogens with zero attached hydrogens (tertiary/aromatic N) is 2. The second-order valence-electron chi connectivity index (χ2n) is 5.09. The van der Waals surface area contributed by atoms with E-state index in [1.807, 2.05) is 12.1 Å². The van der Waals surface area contributed by atoms with Gasteiger partial charge in [0, 0.05) is 6.07 Å². The molecular weight excluding hydrogens is 318 g/mol. The first-order chi connectivity index (χ1) is 11.5. The van der Waals surface area contributed by atoms with E-state index in [0.29, 0.717) is 18.1 Å². The number of ether oxygens (including phenoxy) is 2. The summed E-state index contributed by atoms with van der Waals surface area (Å²) in [6.45, 7) is 0.553. The summed E-state index contributed by atoms with van der Waals surface area (Å²) >= 11 is 0. The summed E-state index contributed by atoms with van der Waals surface area (Å²) in [5, 5.41) is 24.7. The van der Waals surface area contributed by atoms with E-state index in [0.717, 1.165) is 6.07 Å². The average Bonchev–Trinajstić information content (AvgIpc) is 2.59. The highest BCUT2D eigenvalue weighted by Crippen LogP contribution is 2.32. The van der Waals surface area contributed by atoms with Gasteiger partial charge in [-0.2, -0.15) is 0 Å². The van der Waals surface area contributed by atoms with E-state index in [9.17, 15) is 20.2 Å². The molecule has 3 rings (SSSR count). The normalized spacial score (nSPS) is 15.6. The lowest BCUT2D eigenvalue weighted by Crippen LogP contribution is -2.35. The quantitative estimate of drug-likeness (QED) is 0.661. The Morgan fingerprint density at radius 1 is 1.08 bits per heavy atom. The number of rotatable bonds is 5. The fourth-order valence-corrected chi connectivity index (χ4v) is 2.32. The molecule has 0 fully saturated rings. The van der Waals surface area contributed by atoms with Crippen LogP contribution in [0.5, 0.6) is 11.5 Å². The van der Waals surface area contributed by atoms with Crippen LogP contribution in [0.1, 0.15) is 0 Å². The van der Waals surface area contributed by atoms with Gasteiger partial charge in [0.05, 0.1) is 22.5 Å². The van der Waals surface area contributed by atoms with E-state index < -0.39 is 9.85 Å². The summed E-state index contributed by atoms with van der Waals surface area (Å²) in [7, 11) is 0. The molecule has 9 nitrogen and oxygen atoms in total. The minimum atomic E-state index is -0.675. The average molecular weight is 331 g/mol. The highest BCUT2D eigenvalue weighted by atomic mass is 16.6. The SMILES string of the molecule is O=[N+]([O-])c1ccc(NC[C@@H]2COc3ccccc3O2)c([N+](=O)[O-])c1. The molecule has 2 aromatic rings. The van der Waals surface area contributed by atoms with Gasteiger partial charge in [-0.3, -0.25) is 20.2 Å². The van der Waals surface area contributed by atoms with E-state index in [4.69, 9.17) is 9.47 Å². The zero-order valence-electron chi connectivity index (χ0n) is 12.4. The lowest BCUT2D eigenvalue weighted by Gasteiger charge is -2.26. The molecule has 9 heteroatoms. The van der Waals surface area contributed by atoms with Crippen molar-refractivity contribution >= 4 is 17.1 Å². The van der Waals surface area contributed by atoms with Gasteiger partial charge in [-0.15, -0.1) is 0 Å². The Morgan fingerprint density at radius 2 is 1.83 bits per heavy atom. The molecule has 0 saturated carbocycles. The van der Waals surface area contributed by atoms with Crippen molar-refractivity contribution in [3.05, 3.63) is 62.7 Å². The van der Waals surface area contributed by atoms with Crippen LogP contribution in [0.25, 0.3) is 0 Å². The summed E-state index contributed by atoms with van der Waals surface area (Å²) in [5.41, 5.74) is -0.507. The van der Waals surface area contributed by atoms with Gasteiger partial charge < -0.3 is 14.8 Å². The minimum absolute atomic E-state index is 0.188. The number of para-hydroxylation sites is 2. The molecule has 1 aliphatic rings. The molecule has 0 amide bonds. The van der Waals surface area contributed by atoms with Crippen molar-refractivity contribution in [1.82, 2.24) is 0 Å². The second kappa shape index (κ2) is 6.41. The van der Waals surface area contributed by atoms with E-state index in [-0.39, 0.29) is 29.7 Å². The topological polar surface area (TPSA) is 117 Å². The minimum Gasteiger partial charge on any atom is -0.486 e. The molecule has 1 aliphatic heterocycles. The molecule has 0 bridgehead atoms. The van der Waals surface area contributed by atoms with E-state index >= 15 is 0 Å². The van der Waals surface area contributed by atoms with Gasteiger partial charge in [-0.1, -0.05) is 12.1 Å². The number of nitro benzene ring substituents is 2. The van der Waals surface area contributed by atoms with Crippen molar-refractivity contribution in [2.75, 3.05) is 18.5 Å². The van der Waals surface area contributed by atoms with Gasteiger partial charge in [-0.25, -0.2) is 0 Å². The van der Waals surface area contributed by atoms with Gasteiger partial charge in [-0.05, 0) is 18.2 Å². The molecular formula is C15H13N3O6. The molecule has 0 saturated heterocycles. The summed E-state index contributed by atoms with van der Waals surface area (Å²) in [5.74, 6) is 1.25. The molecule has 0 aliphatic carbocycles. The summed E-state index contributed by atoms with van der Waals surface area (Å²) in [4.78, 5) is 20.5. The molecule has 2 aromatic carbocycles. The van der Waals surface area contributed by atoms with Gasteiger partial charge in [0.15, 0.2) is 11.5 Å². The van der Waals surface area contributed by atoms with Crippen molar-refractivity contribution in [3.8, 4) is 11.5 Å². The third kappa shape index (κ3) is 3.19. The smallest absolute Gasteiger partial charge is 0.299 e. The molecule has 1 heterocycles. The van der Waals surface area contributed by atoms with E-state index in [1.165, 1.54) is 12.1 Å². The fourth-order valence-electron chi connectivity index (χ4n) is 2.32. The zero-order valence-corrected chi connectivity index (χ0v) is 12.4. The highest BCUT2D eigenvalue weighted by Gasteiger charge is 2.23. The van der Waals surface area contributed by atoms with Crippen LogP contribution in [-0.2, 0) is 0 Å². The third-order valence-corrected chi connectivity index (χ3v) is 3.48. The zero-order chi connectivity index (χ0) is 17.1. The van der Waals surface area contributed by atoms with Crippen LogP contribution in [0.4, 0.5) is 17.1 Å². The van der Waals surface area contributed by atoms with Crippen LogP contribution in [-0.4, -0.2) is 29.1 Å². The highest BCUT2D eigenvalue weighted by molar-refractivity contribution is 5.65. The molecule has 24 heavy (non-hydrogen) atoms. The van der Waals surface area contributed by atoms with Crippen molar-refractivity contribution in [3.63, 3.8) is 0 Å². The summed E-state index contributed by atoms with van der Waals surface area (Å²) in [6, 6.07) is 10.7. The molecule has 0 radical (unpaired) electrons. The van der Waals surface area contributed by atoms with Crippen molar-refractivity contribution in [2.24, 2.45) is 0 Å². The molecule has 0 spiro atoms. The van der Waals surface area contributed by atoms with Gasteiger partial charge >= 0.3 is 0 Å². The first-order valence-electron chi connectivity index (χ1n) is 7.10. The second-order valence-corrected chi connectivity index (χ2v) is 5.09. The lowest BCUT2D eigenvalue weighted by molar-refractivity contribution is -0.393. The van der Waals surface area contributed by atoms with Crippen LogP contribution >= 0.6 is 0 Å². The summed E-state index contributed by atoms with van der Waals surface area (Å²) in [6.07, 6.45) is -0.338. The first kappa shape index (κ1) is 15.5. The number of fused-ring (bicyclic) bond motifs is 1. The predicted octanol–water partition coefficient (Wildman–Crippen LogP) is 2.75. The molecule has 1 atom stereocenters. The maximum Gasteiger partial charge on any atom is 0.299 e. The number of hydrogen-bond donors (Lipinski definition) is 1. The Labute approximate surface area is 136 Å². The Morgan fingerprint density at radius 3 is 2.54 bits per heavy atom. The number of nitrogens with one attached hydrogen (secondary N) is 1. The summed E-state index contributed by atoms with van der Waals surface area (Å²) < 4.78 is 11.3. The fraction of sp³-hybridized carbons (Fsp3) is 0.200. The maximum atomic E-state index is 11.1. The van der Waals surface area contributed by atoms with Crippen LogP contribution in [0.15, 0.2) is 42.5 Å². The third-order valence-electron chi connectivity index (χ3n) is 3.48. The van der Waals surface area contributed by atoms with Crippen molar-refractivity contribution < 1.29 is 19.3 Å². The molecule has 124 valence electrons. The van der Waals surface area contributed by atoms with Crippen LogP contribution < -0.4 is 14.8 Å². The van der Waals surface area contributed by atoms with Gasteiger partial charge in [0.1, 0.15) is 18.4 Å².